The van der Waals surface area contributed by atoms with Crippen molar-refractivity contribution in [2.75, 3.05) is 13.1 Å². The number of amides is 2. The summed E-state index contributed by atoms with van der Waals surface area (Å²) in [7, 11) is 0. The summed E-state index contributed by atoms with van der Waals surface area (Å²) >= 11 is 0. The third-order valence-corrected chi connectivity index (χ3v) is 5.46. The first kappa shape index (κ1) is 19.7. The molecule has 3 rings (SSSR count). The molecule has 0 radical (unpaired) electrons. The summed E-state index contributed by atoms with van der Waals surface area (Å²) in [6, 6.07) is 9.48. The Kier molecular flexibility index (Phi) is 6.37. The number of likely N-dealkylation sites (tertiary alicyclic amines) is 1. The summed E-state index contributed by atoms with van der Waals surface area (Å²) < 4.78 is 5.59. The average Bonchev–Trinajstić information content (AvgIpc) is 3.51. The van der Waals surface area contributed by atoms with E-state index in [1.807, 2.05) is 54.0 Å². The third-order valence-electron chi connectivity index (χ3n) is 5.46. The Morgan fingerprint density at radius 2 is 1.89 bits per heavy atom. The highest BCUT2D eigenvalue weighted by atomic mass is 16.6. The van der Waals surface area contributed by atoms with Crippen LogP contribution in [0.4, 0.5) is 4.79 Å². The number of ether oxygens (including phenoxy) is 1. The maximum atomic E-state index is 12.8. The lowest BCUT2D eigenvalue weighted by atomic mass is 9.99. The van der Waals surface area contributed by atoms with Crippen LogP contribution in [0.2, 0.25) is 0 Å². The van der Waals surface area contributed by atoms with Gasteiger partial charge in [0, 0.05) is 19.1 Å². The molecular weight excluding hydrogens is 342 g/mol. The molecule has 1 saturated heterocycles. The lowest BCUT2D eigenvalue weighted by Gasteiger charge is -2.40. The van der Waals surface area contributed by atoms with E-state index in [1.54, 1.807) is 0 Å². The molecule has 2 amide bonds. The van der Waals surface area contributed by atoms with Crippen LogP contribution in [0.1, 0.15) is 45.1 Å². The zero-order valence-corrected chi connectivity index (χ0v) is 16.3. The summed E-state index contributed by atoms with van der Waals surface area (Å²) in [6.07, 6.45) is 3.54. The maximum absolute atomic E-state index is 12.8. The van der Waals surface area contributed by atoms with Gasteiger partial charge < -0.3 is 20.3 Å². The van der Waals surface area contributed by atoms with Crippen molar-refractivity contribution in [2.45, 2.75) is 64.3 Å². The Balaban J connectivity index is 1.62. The van der Waals surface area contributed by atoms with Crippen molar-refractivity contribution in [3.63, 3.8) is 0 Å². The predicted molar refractivity (Wildman–Crippen MR) is 104 cm³/mol. The first-order chi connectivity index (χ1) is 13.0. The highest BCUT2D eigenvalue weighted by molar-refractivity contribution is 5.82. The summed E-state index contributed by atoms with van der Waals surface area (Å²) in [5.74, 6) is 0.0938. The molecule has 1 aromatic rings. The van der Waals surface area contributed by atoms with E-state index >= 15 is 0 Å². The van der Waals surface area contributed by atoms with Crippen LogP contribution in [-0.4, -0.2) is 53.0 Å². The number of carbonyl (C=O) groups is 2. The molecule has 0 unspecified atom stereocenters. The summed E-state index contributed by atoms with van der Waals surface area (Å²) in [4.78, 5) is 29.1. The van der Waals surface area contributed by atoms with Crippen LogP contribution in [0.15, 0.2) is 30.3 Å². The number of benzene rings is 1. The summed E-state index contributed by atoms with van der Waals surface area (Å²) in [5, 5.41) is 0. The van der Waals surface area contributed by atoms with Crippen LogP contribution in [0, 0.1) is 5.92 Å². The van der Waals surface area contributed by atoms with Gasteiger partial charge in [-0.1, -0.05) is 44.2 Å². The van der Waals surface area contributed by atoms with Crippen LogP contribution in [0.3, 0.4) is 0 Å². The molecule has 6 heteroatoms. The highest BCUT2D eigenvalue weighted by Gasteiger charge is 2.41. The van der Waals surface area contributed by atoms with Crippen LogP contribution in [-0.2, 0) is 16.1 Å². The van der Waals surface area contributed by atoms with Crippen molar-refractivity contribution < 1.29 is 14.3 Å². The van der Waals surface area contributed by atoms with Gasteiger partial charge in [-0.05, 0) is 37.2 Å². The Morgan fingerprint density at radius 3 is 2.52 bits per heavy atom. The van der Waals surface area contributed by atoms with E-state index in [0.29, 0.717) is 13.1 Å². The van der Waals surface area contributed by atoms with E-state index in [9.17, 15) is 9.59 Å². The van der Waals surface area contributed by atoms with Gasteiger partial charge in [0.1, 0.15) is 6.61 Å². The molecule has 148 valence electrons. The molecule has 1 aromatic carbocycles. The largest absolute Gasteiger partial charge is 0.445 e. The second kappa shape index (κ2) is 8.74. The standard InChI is InChI=1S/C21H31N3O3/c1-15(2)19(22)20(25)23-12-6-9-18(13-23)24(17-10-11-17)21(26)27-14-16-7-4-3-5-8-16/h3-5,7-8,15,17-19H,6,9-14,22H2,1-2H3/t18-,19+/m1/s1. The van der Waals surface area contributed by atoms with Crippen LogP contribution >= 0.6 is 0 Å². The van der Waals surface area contributed by atoms with E-state index in [1.165, 1.54) is 0 Å². The number of hydrogen-bond donors (Lipinski definition) is 1. The first-order valence-corrected chi connectivity index (χ1v) is 10.0. The average molecular weight is 373 g/mol. The molecule has 1 heterocycles. The molecule has 0 spiro atoms. The number of hydrogen-bond acceptors (Lipinski definition) is 4. The Bertz CT molecular complexity index is 645. The molecule has 2 aliphatic rings. The fourth-order valence-corrected chi connectivity index (χ4v) is 3.62. The molecule has 2 N–H and O–H groups in total. The molecule has 27 heavy (non-hydrogen) atoms. The Labute approximate surface area is 161 Å². The van der Waals surface area contributed by atoms with E-state index in [4.69, 9.17) is 10.5 Å². The summed E-state index contributed by atoms with van der Waals surface area (Å²) in [5.41, 5.74) is 7.04. The van der Waals surface area contributed by atoms with Gasteiger partial charge in [-0.3, -0.25) is 4.79 Å². The molecule has 2 atom stereocenters. The monoisotopic (exact) mass is 373 g/mol. The minimum absolute atomic E-state index is 0.0110. The van der Waals surface area contributed by atoms with Gasteiger partial charge in [0.25, 0.3) is 0 Å². The second-order valence-corrected chi connectivity index (χ2v) is 8.03. The summed E-state index contributed by atoms with van der Waals surface area (Å²) in [6.45, 7) is 5.46. The molecule has 0 bridgehead atoms. The zero-order valence-electron chi connectivity index (χ0n) is 16.3. The van der Waals surface area contributed by atoms with Crippen LogP contribution in [0.25, 0.3) is 0 Å². The number of nitrogens with two attached hydrogens (primary N) is 1. The van der Waals surface area contributed by atoms with Crippen molar-refractivity contribution in [1.29, 1.82) is 0 Å². The molecule has 2 fully saturated rings. The lowest BCUT2D eigenvalue weighted by molar-refractivity contribution is -0.135. The van der Waals surface area contributed by atoms with Gasteiger partial charge in [-0.15, -0.1) is 0 Å². The first-order valence-electron chi connectivity index (χ1n) is 10.0. The fourth-order valence-electron chi connectivity index (χ4n) is 3.62. The third kappa shape index (κ3) is 5.01. The van der Waals surface area contributed by atoms with Gasteiger partial charge in [0.15, 0.2) is 0 Å². The molecule has 6 nitrogen and oxygen atoms in total. The minimum atomic E-state index is -0.483. The van der Waals surface area contributed by atoms with E-state index in [0.717, 1.165) is 31.2 Å². The lowest BCUT2D eigenvalue weighted by Crippen LogP contribution is -2.56. The maximum Gasteiger partial charge on any atom is 0.410 e. The number of nitrogens with zero attached hydrogens (tertiary/aromatic N) is 2. The van der Waals surface area contributed by atoms with Crippen molar-refractivity contribution in [3.05, 3.63) is 35.9 Å². The Hall–Kier alpha value is -2.08. The van der Waals surface area contributed by atoms with E-state index < -0.39 is 6.04 Å². The quantitative estimate of drug-likeness (QED) is 0.832. The predicted octanol–water partition coefficient (Wildman–Crippen LogP) is 2.76. The van der Waals surface area contributed by atoms with Crippen molar-refractivity contribution in [2.24, 2.45) is 11.7 Å². The smallest absolute Gasteiger partial charge is 0.410 e. The van der Waals surface area contributed by atoms with Gasteiger partial charge >= 0.3 is 6.09 Å². The van der Waals surface area contributed by atoms with Gasteiger partial charge in [-0.2, -0.15) is 0 Å². The Morgan fingerprint density at radius 1 is 1.19 bits per heavy atom. The van der Waals surface area contributed by atoms with E-state index in [-0.39, 0.29) is 36.6 Å². The fraction of sp³-hybridized carbons (Fsp3) is 0.619. The SMILES string of the molecule is CC(C)[C@H](N)C(=O)N1CCC[C@@H](N(C(=O)OCc2ccccc2)C2CC2)C1. The zero-order chi connectivity index (χ0) is 19.4. The molecule has 1 aliphatic heterocycles. The van der Waals surface area contributed by atoms with Crippen molar-refractivity contribution in [3.8, 4) is 0 Å². The molecular formula is C21H31N3O3. The number of rotatable bonds is 6. The van der Waals surface area contributed by atoms with Crippen LogP contribution in [0.5, 0.6) is 0 Å². The van der Waals surface area contributed by atoms with Crippen molar-refractivity contribution in [1.82, 2.24) is 9.80 Å². The molecule has 1 saturated carbocycles. The number of piperidine rings is 1. The van der Waals surface area contributed by atoms with Gasteiger partial charge in [0.05, 0.1) is 12.1 Å². The normalized spacial score (nSPS) is 21.0. The van der Waals surface area contributed by atoms with Gasteiger partial charge in [-0.25, -0.2) is 4.79 Å². The van der Waals surface area contributed by atoms with Crippen LogP contribution < -0.4 is 5.73 Å². The van der Waals surface area contributed by atoms with Crippen molar-refractivity contribution >= 4 is 12.0 Å². The van der Waals surface area contributed by atoms with Gasteiger partial charge in [0.2, 0.25) is 5.91 Å². The van der Waals surface area contributed by atoms with E-state index in [2.05, 4.69) is 0 Å². The molecule has 0 aromatic heterocycles. The molecule has 1 aliphatic carbocycles. The topological polar surface area (TPSA) is 75.9 Å². The second-order valence-electron chi connectivity index (χ2n) is 8.03. The highest BCUT2D eigenvalue weighted by Crippen LogP contribution is 2.32. The number of carbonyl (C=O) groups excluding carboxylic acids is 2. The minimum Gasteiger partial charge on any atom is -0.445 e.